The lowest BCUT2D eigenvalue weighted by Crippen LogP contribution is -2.22. The highest BCUT2D eigenvalue weighted by Crippen LogP contribution is 2.30. The standard InChI is InChI=1S/C13H8O3/c14-13(15)10-6-3-5-9-8-4-1-2-7-11(8)16-12(9)10/h1-7H,(H,14,15)/p-1. The molecular weight excluding hydrogens is 204 g/mol. The molecule has 78 valence electrons. The predicted octanol–water partition coefficient (Wildman–Crippen LogP) is 1.95. The molecule has 0 saturated heterocycles. The Kier molecular flexibility index (Phi) is 1.74. The lowest BCUT2D eigenvalue weighted by molar-refractivity contribution is -0.254. The molecule has 3 rings (SSSR count). The van der Waals surface area contributed by atoms with E-state index in [9.17, 15) is 9.90 Å². The Morgan fingerprint density at radius 2 is 1.75 bits per heavy atom. The summed E-state index contributed by atoms with van der Waals surface area (Å²) in [4.78, 5) is 10.9. The number of carboxylic acid groups (broad SMARTS) is 1. The molecule has 0 amide bonds. The van der Waals surface area contributed by atoms with Crippen LogP contribution in [0.15, 0.2) is 46.9 Å². The van der Waals surface area contributed by atoms with Gasteiger partial charge in [0.1, 0.15) is 11.2 Å². The maximum Gasteiger partial charge on any atom is 0.144 e. The van der Waals surface area contributed by atoms with Gasteiger partial charge < -0.3 is 14.3 Å². The highest BCUT2D eigenvalue weighted by Gasteiger charge is 2.09. The van der Waals surface area contributed by atoms with E-state index < -0.39 is 5.97 Å². The van der Waals surface area contributed by atoms with E-state index in [2.05, 4.69) is 0 Å². The summed E-state index contributed by atoms with van der Waals surface area (Å²) in [6.45, 7) is 0. The summed E-state index contributed by atoms with van der Waals surface area (Å²) >= 11 is 0. The van der Waals surface area contributed by atoms with Gasteiger partial charge in [-0.15, -0.1) is 0 Å². The van der Waals surface area contributed by atoms with E-state index in [1.807, 2.05) is 30.3 Å². The fourth-order valence-corrected chi connectivity index (χ4v) is 1.91. The smallest absolute Gasteiger partial charge is 0.144 e. The topological polar surface area (TPSA) is 53.3 Å². The Labute approximate surface area is 90.9 Å². The molecule has 0 N–H and O–H groups in total. The SMILES string of the molecule is O=C([O-])c1cccc2c1oc1ccccc12. The van der Waals surface area contributed by atoms with Crippen molar-refractivity contribution in [2.75, 3.05) is 0 Å². The van der Waals surface area contributed by atoms with Crippen LogP contribution < -0.4 is 5.11 Å². The van der Waals surface area contributed by atoms with E-state index in [4.69, 9.17) is 4.42 Å². The number of aromatic carboxylic acids is 1. The Morgan fingerprint density at radius 3 is 2.56 bits per heavy atom. The van der Waals surface area contributed by atoms with Gasteiger partial charge in [0.2, 0.25) is 0 Å². The summed E-state index contributed by atoms with van der Waals surface area (Å²) in [6.07, 6.45) is 0. The van der Waals surface area contributed by atoms with Crippen molar-refractivity contribution in [3.8, 4) is 0 Å². The highest BCUT2D eigenvalue weighted by atomic mass is 16.4. The Bertz CT molecular complexity index is 695. The Morgan fingerprint density at radius 1 is 1.00 bits per heavy atom. The van der Waals surface area contributed by atoms with Crippen LogP contribution in [0.4, 0.5) is 0 Å². The van der Waals surface area contributed by atoms with Gasteiger partial charge in [0.25, 0.3) is 0 Å². The van der Waals surface area contributed by atoms with E-state index in [1.54, 1.807) is 6.07 Å². The van der Waals surface area contributed by atoms with Crippen molar-refractivity contribution >= 4 is 27.9 Å². The zero-order valence-electron chi connectivity index (χ0n) is 8.27. The molecule has 0 radical (unpaired) electrons. The molecule has 0 unspecified atom stereocenters. The summed E-state index contributed by atoms with van der Waals surface area (Å²) < 4.78 is 5.52. The zero-order valence-corrected chi connectivity index (χ0v) is 8.27. The van der Waals surface area contributed by atoms with Crippen LogP contribution in [-0.2, 0) is 0 Å². The summed E-state index contributed by atoms with van der Waals surface area (Å²) in [5.74, 6) is -1.22. The van der Waals surface area contributed by atoms with Crippen molar-refractivity contribution in [2.24, 2.45) is 0 Å². The van der Waals surface area contributed by atoms with Crippen molar-refractivity contribution in [2.45, 2.75) is 0 Å². The second-order valence-corrected chi connectivity index (χ2v) is 3.57. The number of furan rings is 1. The number of carbonyl (C=O) groups excluding carboxylic acids is 1. The number of para-hydroxylation sites is 2. The molecule has 3 aromatic rings. The van der Waals surface area contributed by atoms with Gasteiger partial charge >= 0.3 is 0 Å². The minimum absolute atomic E-state index is 0.0914. The maximum atomic E-state index is 10.9. The Hall–Kier alpha value is -2.29. The van der Waals surface area contributed by atoms with E-state index in [0.717, 1.165) is 10.8 Å². The van der Waals surface area contributed by atoms with Gasteiger partial charge in [-0.2, -0.15) is 0 Å². The van der Waals surface area contributed by atoms with Crippen LogP contribution in [0.3, 0.4) is 0 Å². The van der Waals surface area contributed by atoms with Gasteiger partial charge in [0, 0.05) is 16.3 Å². The van der Waals surface area contributed by atoms with Crippen LogP contribution in [0.1, 0.15) is 10.4 Å². The lowest BCUT2D eigenvalue weighted by Gasteiger charge is -2.01. The molecule has 0 atom stereocenters. The lowest BCUT2D eigenvalue weighted by atomic mass is 10.1. The average molecular weight is 211 g/mol. The zero-order chi connectivity index (χ0) is 11.1. The first-order chi connectivity index (χ1) is 7.77. The second-order valence-electron chi connectivity index (χ2n) is 3.57. The van der Waals surface area contributed by atoms with Crippen LogP contribution in [-0.4, -0.2) is 5.97 Å². The fourth-order valence-electron chi connectivity index (χ4n) is 1.91. The van der Waals surface area contributed by atoms with Crippen LogP contribution in [0, 0.1) is 0 Å². The largest absolute Gasteiger partial charge is 0.545 e. The molecule has 0 spiro atoms. The molecular formula is C13H7O3-. The van der Waals surface area contributed by atoms with Crippen LogP contribution in [0.5, 0.6) is 0 Å². The predicted molar refractivity (Wildman–Crippen MR) is 58.1 cm³/mol. The number of carboxylic acids is 1. The number of fused-ring (bicyclic) bond motifs is 3. The van der Waals surface area contributed by atoms with Gasteiger partial charge in [-0.3, -0.25) is 0 Å². The molecule has 0 aliphatic rings. The minimum Gasteiger partial charge on any atom is -0.545 e. The molecule has 16 heavy (non-hydrogen) atoms. The Balaban J connectivity index is 2.54. The molecule has 3 heteroatoms. The molecule has 0 aliphatic heterocycles. The molecule has 1 heterocycles. The van der Waals surface area contributed by atoms with Crippen molar-refractivity contribution in [3.05, 3.63) is 48.0 Å². The maximum absolute atomic E-state index is 10.9. The van der Waals surface area contributed by atoms with Crippen LogP contribution in [0.2, 0.25) is 0 Å². The monoisotopic (exact) mass is 211 g/mol. The number of hydrogen-bond donors (Lipinski definition) is 0. The van der Waals surface area contributed by atoms with Crippen molar-refractivity contribution in [1.29, 1.82) is 0 Å². The van der Waals surface area contributed by atoms with Crippen molar-refractivity contribution < 1.29 is 14.3 Å². The normalized spacial score (nSPS) is 11.0. The van der Waals surface area contributed by atoms with Crippen molar-refractivity contribution in [3.63, 3.8) is 0 Å². The first-order valence-electron chi connectivity index (χ1n) is 4.89. The van der Waals surface area contributed by atoms with Gasteiger partial charge in [0.15, 0.2) is 0 Å². The van der Waals surface area contributed by atoms with Crippen LogP contribution >= 0.6 is 0 Å². The number of benzene rings is 2. The minimum atomic E-state index is -1.22. The number of carbonyl (C=O) groups is 1. The molecule has 1 aromatic heterocycles. The molecule has 0 bridgehead atoms. The summed E-state index contributed by atoms with van der Waals surface area (Å²) in [7, 11) is 0. The van der Waals surface area contributed by atoms with Gasteiger partial charge in [-0.1, -0.05) is 30.3 Å². The third kappa shape index (κ3) is 1.11. The van der Waals surface area contributed by atoms with Crippen LogP contribution in [0.25, 0.3) is 21.9 Å². The summed E-state index contributed by atoms with van der Waals surface area (Å²) in [5.41, 5.74) is 1.16. The van der Waals surface area contributed by atoms with Gasteiger partial charge in [0.05, 0.1) is 5.97 Å². The first kappa shape index (κ1) is 8.97. The first-order valence-corrected chi connectivity index (χ1v) is 4.89. The quantitative estimate of drug-likeness (QED) is 0.618. The third-order valence-electron chi connectivity index (χ3n) is 2.62. The third-order valence-corrected chi connectivity index (χ3v) is 2.62. The highest BCUT2D eigenvalue weighted by molar-refractivity contribution is 6.11. The number of rotatable bonds is 1. The summed E-state index contributed by atoms with van der Waals surface area (Å²) in [6, 6.07) is 12.5. The average Bonchev–Trinajstić information content (AvgIpc) is 2.67. The fraction of sp³-hybridized carbons (Fsp3) is 0. The molecule has 0 saturated carbocycles. The molecule has 0 aliphatic carbocycles. The van der Waals surface area contributed by atoms with E-state index >= 15 is 0 Å². The van der Waals surface area contributed by atoms with Gasteiger partial charge in [-0.25, -0.2) is 0 Å². The molecule has 2 aromatic carbocycles. The second kappa shape index (κ2) is 3.10. The van der Waals surface area contributed by atoms with E-state index in [0.29, 0.717) is 11.2 Å². The van der Waals surface area contributed by atoms with Crippen molar-refractivity contribution in [1.82, 2.24) is 0 Å². The molecule has 0 fully saturated rings. The summed E-state index contributed by atoms with van der Waals surface area (Å²) in [5, 5.41) is 12.6. The van der Waals surface area contributed by atoms with E-state index in [-0.39, 0.29) is 5.56 Å². The van der Waals surface area contributed by atoms with Gasteiger partial charge in [-0.05, 0) is 12.1 Å². The number of hydrogen-bond acceptors (Lipinski definition) is 3. The van der Waals surface area contributed by atoms with E-state index in [1.165, 1.54) is 6.07 Å². The molecule has 3 nitrogen and oxygen atoms in total.